The molecular formula is C14H10Br2OS. The summed E-state index contributed by atoms with van der Waals surface area (Å²) in [6.07, 6.45) is 2.13. The molecule has 1 aromatic carbocycles. The van der Waals surface area contributed by atoms with Crippen molar-refractivity contribution < 1.29 is 4.79 Å². The van der Waals surface area contributed by atoms with Crippen molar-refractivity contribution in [3.63, 3.8) is 0 Å². The van der Waals surface area contributed by atoms with E-state index in [0.717, 1.165) is 37.1 Å². The zero-order valence-electron chi connectivity index (χ0n) is 9.45. The van der Waals surface area contributed by atoms with Crippen LogP contribution in [0, 0.1) is 5.92 Å². The van der Waals surface area contributed by atoms with E-state index in [2.05, 4.69) is 37.9 Å². The number of ketones is 1. The second-order valence-corrected chi connectivity index (χ2v) is 7.28. The van der Waals surface area contributed by atoms with Crippen molar-refractivity contribution in [2.24, 2.45) is 5.92 Å². The molecule has 1 nitrogen and oxygen atoms in total. The molecule has 0 unspecified atom stereocenters. The van der Waals surface area contributed by atoms with Crippen LogP contribution >= 0.6 is 43.2 Å². The molecule has 0 bridgehead atoms. The summed E-state index contributed by atoms with van der Waals surface area (Å²) in [5, 5.41) is 0. The molecule has 1 fully saturated rings. The summed E-state index contributed by atoms with van der Waals surface area (Å²) in [6, 6.07) is 10.1. The standard InChI is InChI=1S/C14H10Br2OS/c15-9-3-4-10(11(16)7-9)12-5-6-13(18-12)14(17)8-1-2-8/h3-8H,1-2H2. The normalized spacial score (nSPS) is 14.8. The number of benzene rings is 1. The summed E-state index contributed by atoms with van der Waals surface area (Å²) in [4.78, 5) is 14.0. The van der Waals surface area contributed by atoms with Crippen LogP contribution in [0.5, 0.6) is 0 Å². The van der Waals surface area contributed by atoms with Crippen LogP contribution in [-0.2, 0) is 0 Å². The topological polar surface area (TPSA) is 17.1 Å². The van der Waals surface area contributed by atoms with E-state index in [-0.39, 0.29) is 0 Å². The Morgan fingerprint density at radius 1 is 1.17 bits per heavy atom. The van der Waals surface area contributed by atoms with Gasteiger partial charge in [0.05, 0.1) is 4.88 Å². The van der Waals surface area contributed by atoms with Crippen LogP contribution in [0.4, 0.5) is 0 Å². The van der Waals surface area contributed by atoms with Crippen molar-refractivity contribution in [3.8, 4) is 10.4 Å². The van der Waals surface area contributed by atoms with Crippen molar-refractivity contribution in [2.45, 2.75) is 12.8 Å². The predicted molar refractivity (Wildman–Crippen MR) is 82.2 cm³/mol. The summed E-state index contributed by atoms with van der Waals surface area (Å²) in [5.41, 5.74) is 1.14. The van der Waals surface area contributed by atoms with Gasteiger partial charge >= 0.3 is 0 Å². The van der Waals surface area contributed by atoms with Gasteiger partial charge in [-0.05, 0) is 37.1 Å². The molecule has 1 aliphatic rings. The lowest BCUT2D eigenvalue weighted by molar-refractivity contribution is 0.0971. The van der Waals surface area contributed by atoms with Gasteiger partial charge in [-0.15, -0.1) is 11.3 Å². The molecule has 0 saturated heterocycles. The molecule has 0 radical (unpaired) electrons. The minimum absolute atomic E-state index is 0.296. The highest BCUT2D eigenvalue weighted by atomic mass is 79.9. The molecule has 0 N–H and O–H groups in total. The van der Waals surface area contributed by atoms with Crippen LogP contribution in [0.3, 0.4) is 0 Å². The molecule has 0 amide bonds. The highest BCUT2D eigenvalue weighted by Crippen LogP contribution is 2.39. The third kappa shape index (κ3) is 2.46. The molecule has 92 valence electrons. The van der Waals surface area contributed by atoms with E-state index in [0.29, 0.717) is 11.7 Å². The maximum atomic E-state index is 12.0. The van der Waals surface area contributed by atoms with Crippen LogP contribution < -0.4 is 0 Å². The van der Waals surface area contributed by atoms with Crippen molar-refractivity contribution in [1.29, 1.82) is 0 Å². The number of hydrogen-bond donors (Lipinski definition) is 0. The van der Waals surface area contributed by atoms with E-state index < -0.39 is 0 Å². The Kier molecular flexibility index (Phi) is 3.43. The average Bonchev–Trinajstić information content (AvgIpc) is 3.07. The number of rotatable bonds is 3. The number of thiophene rings is 1. The molecule has 0 aliphatic heterocycles. The lowest BCUT2D eigenvalue weighted by atomic mass is 10.2. The molecule has 18 heavy (non-hydrogen) atoms. The Labute approximate surface area is 126 Å². The Balaban J connectivity index is 1.94. The maximum Gasteiger partial charge on any atom is 0.175 e. The quantitative estimate of drug-likeness (QED) is 0.634. The van der Waals surface area contributed by atoms with Crippen LogP contribution in [0.2, 0.25) is 0 Å². The van der Waals surface area contributed by atoms with Gasteiger partial charge in [0.25, 0.3) is 0 Å². The zero-order chi connectivity index (χ0) is 12.7. The molecule has 3 rings (SSSR count). The Hall–Kier alpha value is -0.450. The first-order valence-corrected chi connectivity index (χ1v) is 8.15. The lowest BCUT2D eigenvalue weighted by Gasteiger charge is -2.01. The second kappa shape index (κ2) is 4.91. The Bertz CT molecular complexity index is 614. The van der Waals surface area contributed by atoms with Crippen molar-refractivity contribution in [3.05, 3.63) is 44.2 Å². The highest BCUT2D eigenvalue weighted by Gasteiger charge is 2.31. The third-order valence-corrected chi connectivity index (χ3v) is 5.28. The number of hydrogen-bond acceptors (Lipinski definition) is 2. The summed E-state index contributed by atoms with van der Waals surface area (Å²) in [5.74, 6) is 0.615. The molecule has 4 heteroatoms. The number of Topliss-reactive ketones (excluding diaryl/α,β-unsaturated/α-hetero) is 1. The molecule has 1 saturated carbocycles. The zero-order valence-corrected chi connectivity index (χ0v) is 13.4. The van der Waals surface area contributed by atoms with Crippen LogP contribution in [0.15, 0.2) is 39.3 Å². The van der Waals surface area contributed by atoms with E-state index in [9.17, 15) is 4.79 Å². The first-order valence-electron chi connectivity index (χ1n) is 5.74. The van der Waals surface area contributed by atoms with Gasteiger partial charge in [0.1, 0.15) is 0 Å². The molecular weight excluding hydrogens is 376 g/mol. The molecule has 1 aromatic heterocycles. The van der Waals surface area contributed by atoms with Crippen LogP contribution in [0.1, 0.15) is 22.5 Å². The largest absolute Gasteiger partial charge is 0.293 e. The van der Waals surface area contributed by atoms with Gasteiger partial charge in [-0.1, -0.05) is 37.9 Å². The van der Waals surface area contributed by atoms with Gasteiger partial charge < -0.3 is 0 Å². The molecule has 0 atom stereocenters. The predicted octanol–water partition coefficient (Wildman–Crippen LogP) is 5.53. The van der Waals surface area contributed by atoms with E-state index in [1.165, 1.54) is 0 Å². The fourth-order valence-electron chi connectivity index (χ4n) is 1.85. The maximum absolute atomic E-state index is 12.0. The Morgan fingerprint density at radius 3 is 2.61 bits per heavy atom. The van der Waals surface area contributed by atoms with E-state index in [4.69, 9.17) is 0 Å². The number of carbonyl (C=O) groups excluding carboxylic acids is 1. The van der Waals surface area contributed by atoms with E-state index in [1.807, 2.05) is 24.3 Å². The smallest absolute Gasteiger partial charge is 0.175 e. The summed E-state index contributed by atoms with van der Waals surface area (Å²) < 4.78 is 2.09. The molecule has 2 aromatic rings. The first-order chi connectivity index (χ1) is 8.65. The fraction of sp³-hybridized carbons (Fsp3) is 0.214. The molecule has 1 aliphatic carbocycles. The van der Waals surface area contributed by atoms with Crippen molar-refractivity contribution in [1.82, 2.24) is 0 Å². The monoisotopic (exact) mass is 384 g/mol. The molecule has 1 heterocycles. The summed E-state index contributed by atoms with van der Waals surface area (Å²) in [6.45, 7) is 0. The first kappa shape index (κ1) is 12.6. The van der Waals surface area contributed by atoms with Crippen molar-refractivity contribution in [2.75, 3.05) is 0 Å². The van der Waals surface area contributed by atoms with Gasteiger partial charge in [0.15, 0.2) is 5.78 Å². The average molecular weight is 386 g/mol. The summed E-state index contributed by atoms with van der Waals surface area (Å²) in [7, 11) is 0. The van der Waals surface area contributed by atoms with Crippen LogP contribution in [-0.4, -0.2) is 5.78 Å². The van der Waals surface area contributed by atoms with Gasteiger partial charge in [0.2, 0.25) is 0 Å². The van der Waals surface area contributed by atoms with Crippen LogP contribution in [0.25, 0.3) is 10.4 Å². The minimum Gasteiger partial charge on any atom is -0.293 e. The van der Waals surface area contributed by atoms with Gasteiger partial charge in [-0.3, -0.25) is 4.79 Å². The minimum atomic E-state index is 0.296. The van der Waals surface area contributed by atoms with E-state index in [1.54, 1.807) is 11.3 Å². The Morgan fingerprint density at radius 2 is 1.94 bits per heavy atom. The number of carbonyl (C=O) groups is 1. The lowest BCUT2D eigenvalue weighted by Crippen LogP contribution is -1.96. The second-order valence-electron chi connectivity index (χ2n) is 4.43. The molecule has 0 spiro atoms. The van der Waals surface area contributed by atoms with Crippen molar-refractivity contribution >= 4 is 49.0 Å². The SMILES string of the molecule is O=C(c1ccc(-c2ccc(Br)cc2Br)s1)C1CC1. The van der Waals surface area contributed by atoms with Gasteiger partial charge in [-0.25, -0.2) is 0 Å². The third-order valence-electron chi connectivity index (χ3n) is 2.99. The number of halogens is 2. The van der Waals surface area contributed by atoms with E-state index >= 15 is 0 Å². The highest BCUT2D eigenvalue weighted by molar-refractivity contribution is 9.11. The van der Waals surface area contributed by atoms with Gasteiger partial charge in [0, 0.05) is 25.3 Å². The fourth-order valence-corrected chi connectivity index (χ4v) is 4.31. The summed E-state index contributed by atoms with van der Waals surface area (Å²) >= 11 is 8.59. The van der Waals surface area contributed by atoms with Gasteiger partial charge in [-0.2, -0.15) is 0 Å².